The minimum Gasteiger partial charge on any atom is -0.272 e. The number of hydrogen-bond acceptors (Lipinski definition) is 3. The van der Waals surface area contributed by atoms with E-state index in [2.05, 4.69) is 92.1 Å². The predicted octanol–water partition coefficient (Wildman–Crippen LogP) is 6.62. The molecule has 2 amide bonds. The van der Waals surface area contributed by atoms with Crippen LogP contribution in [0.15, 0.2) is 82.6 Å². The average molecular weight is 462 g/mol. The third-order valence-corrected chi connectivity index (χ3v) is 7.69. The van der Waals surface area contributed by atoms with Crippen molar-refractivity contribution >= 4 is 17.8 Å². The number of aryl methyl sites for hydroxylation is 2. The monoisotopic (exact) mass is 461 g/mol. The van der Waals surface area contributed by atoms with Gasteiger partial charge in [-0.3, -0.25) is 4.84 Å². The smallest absolute Gasteiger partial charge is 0.272 e. The van der Waals surface area contributed by atoms with Crippen molar-refractivity contribution in [2.75, 3.05) is 20.2 Å². The third-order valence-electron chi connectivity index (χ3n) is 6.69. The Labute approximate surface area is 201 Å². The van der Waals surface area contributed by atoms with E-state index in [9.17, 15) is 4.79 Å². The van der Waals surface area contributed by atoms with E-state index in [4.69, 9.17) is 4.84 Å². The lowest BCUT2D eigenvalue weighted by Gasteiger charge is -2.41. The molecule has 172 valence electrons. The Hall–Kier alpha value is -2.60. The Morgan fingerprint density at radius 3 is 2.36 bits per heavy atom. The molecule has 3 aromatic carbocycles. The number of hydrogen-bond donors (Lipinski definition) is 1. The fourth-order valence-corrected chi connectivity index (χ4v) is 5.80. The van der Waals surface area contributed by atoms with E-state index in [-0.39, 0.29) is 6.03 Å². The van der Waals surface area contributed by atoms with Gasteiger partial charge in [-0.05, 0) is 55.2 Å². The van der Waals surface area contributed by atoms with Gasteiger partial charge in [0.05, 0.1) is 20.2 Å². The lowest BCUT2D eigenvalue weighted by molar-refractivity contribution is -0.870. The van der Waals surface area contributed by atoms with E-state index in [0.29, 0.717) is 16.9 Å². The average Bonchev–Trinajstić information content (AvgIpc) is 2.81. The van der Waals surface area contributed by atoms with Crippen LogP contribution < -0.4 is 5.48 Å². The highest BCUT2D eigenvalue weighted by Gasteiger charge is 2.41. The Kier molecular flexibility index (Phi) is 7.53. The molecule has 1 aliphatic rings. The minimum absolute atomic E-state index is 0.0565. The summed E-state index contributed by atoms with van der Waals surface area (Å²) in [6, 6.07) is 25.8. The van der Waals surface area contributed by atoms with Gasteiger partial charge >= 0.3 is 6.03 Å². The van der Waals surface area contributed by atoms with Gasteiger partial charge in [-0.2, -0.15) is 5.48 Å². The van der Waals surface area contributed by atoms with Crippen LogP contribution in [0.2, 0.25) is 0 Å². The summed E-state index contributed by atoms with van der Waals surface area (Å²) in [6.07, 6.45) is 1.98. The Balaban J connectivity index is 1.48. The molecule has 0 saturated carbocycles. The predicted molar refractivity (Wildman–Crippen MR) is 134 cm³/mol. The first-order chi connectivity index (χ1) is 16.0. The van der Waals surface area contributed by atoms with Crippen molar-refractivity contribution in [1.82, 2.24) is 5.48 Å². The number of carbonyl (C=O) groups excluding carboxylic acids is 1. The number of nitrogens with zero attached hydrogens (tertiary/aromatic N) is 1. The first-order valence-corrected chi connectivity index (χ1v) is 12.4. The molecule has 1 aliphatic heterocycles. The first-order valence-electron chi connectivity index (χ1n) is 11.6. The zero-order chi connectivity index (χ0) is 23.3. The standard InChI is InChI=1S/C28H32N2O2S/c1-21-7-6-9-26(19-21)33-25-13-11-23(12-14-25)20-30(28(31)29-32-3)17-15-24(16-18-30)27-10-5-4-8-22(27)2/h4-14,19,24H,15-18,20H2,1-3H3/p+1. The van der Waals surface area contributed by atoms with Gasteiger partial charge < -0.3 is 0 Å². The number of rotatable bonds is 6. The molecule has 1 fully saturated rings. The largest absolute Gasteiger partial charge is 0.440 e. The van der Waals surface area contributed by atoms with Gasteiger partial charge in [0.15, 0.2) is 0 Å². The quantitative estimate of drug-likeness (QED) is 0.331. The summed E-state index contributed by atoms with van der Waals surface area (Å²) in [5, 5.41) is 0. The summed E-state index contributed by atoms with van der Waals surface area (Å²) in [5.74, 6) is 0.501. The molecule has 1 N–H and O–H groups in total. The zero-order valence-electron chi connectivity index (χ0n) is 19.7. The van der Waals surface area contributed by atoms with Crippen LogP contribution in [-0.4, -0.2) is 30.7 Å². The van der Waals surface area contributed by atoms with Crippen molar-refractivity contribution < 1.29 is 14.1 Å². The summed E-state index contributed by atoms with van der Waals surface area (Å²) < 4.78 is 0.376. The van der Waals surface area contributed by atoms with Crippen molar-refractivity contribution in [3.8, 4) is 0 Å². The molecule has 0 radical (unpaired) electrons. The molecule has 5 heteroatoms. The van der Waals surface area contributed by atoms with Crippen LogP contribution >= 0.6 is 11.8 Å². The van der Waals surface area contributed by atoms with Crippen LogP contribution in [0.4, 0.5) is 4.79 Å². The molecule has 4 nitrogen and oxygen atoms in total. The molecule has 0 aromatic heterocycles. The van der Waals surface area contributed by atoms with Gasteiger partial charge in [0.2, 0.25) is 0 Å². The fourth-order valence-electron chi connectivity index (χ4n) is 4.86. The zero-order valence-corrected chi connectivity index (χ0v) is 20.5. The normalized spacial score (nSPS) is 20.4. The second kappa shape index (κ2) is 10.6. The molecule has 0 atom stereocenters. The molecule has 33 heavy (non-hydrogen) atoms. The topological polar surface area (TPSA) is 38.3 Å². The molecular weight excluding hydrogens is 428 g/mol. The van der Waals surface area contributed by atoms with Gasteiger partial charge in [0.25, 0.3) is 0 Å². The van der Waals surface area contributed by atoms with Crippen molar-refractivity contribution in [2.45, 2.75) is 48.9 Å². The Morgan fingerprint density at radius 2 is 1.70 bits per heavy atom. The fraction of sp³-hybridized carbons (Fsp3) is 0.321. The molecule has 0 bridgehead atoms. The number of likely N-dealkylation sites (tertiary alicyclic amines) is 1. The van der Waals surface area contributed by atoms with Crippen molar-refractivity contribution in [1.29, 1.82) is 0 Å². The minimum atomic E-state index is -0.0565. The van der Waals surface area contributed by atoms with E-state index in [0.717, 1.165) is 25.9 Å². The highest BCUT2D eigenvalue weighted by atomic mass is 32.2. The van der Waals surface area contributed by atoms with Crippen LogP contribution in [0, 0.1) is 13.8 Å². The van der Waals surface area contributed by atoms with Crippen LogP contribution in [0.5, 0.6) is 0 Å². The second-order valence-electron chi connectivity index (χ2n) is 9.06. The van der Waals surface area contributed by atoms with Gasteiger partial charge in [-0.15, -0.1) is 0 Å². The van der Waals surface area contributed by atoms with E-state index >= 15 is 0 Å². The summed E-state index contributed by atoms with van der Waals surface area (Å²) in [4.78, 5) is 20.6. The number of piperidine rings is 1. The SMILES string of the molecule is CONC(=O)[N+]1(Cc2ccc(Sc3cccc(C)c3)cc2)CCC(c2ccccc2C)CC1. The first kappa shape index (κ1) is 23.6. The number of benzene rings is 3. The summed E-state index contributed by atoms with van der Waals surface area (Å²) >= 11 is 1.76. The molecule has 0 spiro atoms. The van der Waals surface area contributed by atoms with Gasteiger partial charge in [0, 0.05) is 28.2 Å². The molecule has 0 aliphatic carbocycles. The Bertz CT molecular complexity index is 1090. The van der Waals surface area contributed by atoms with Gasteiger partial charge in [-0.25, -0.2) is 9.28 Å². The van der Waals surface area contributed by atoms with Gasteiger partial charge in [0.1, 0.15) is 6.54 Å². The second-order valence-corrected chi connectivity index (χ2v) is 10.2. The molecule has 1 heterocycles. The van der Waals surface area contributed by atoms with Gasteiger partial charge in [-0.1, -0.05) is 65.9 Å². The molecular formula is C28H33N2O2S+. The molecule has 4 rings (SSSR count). The van der Waals surface area contributed by atoms with Crippen LogP contribution in [0.25, 0.3) is 0 Å². The van der Waals surface area contributed by atoms with E-state index < -0.39 is 0 Å². The lowest BCUT2D eigenvalue weighted by atomic mass is 9.85. The number of amides is 2. The lowest BCUT2D eigenvalue weighted by Crippen LogP contribution is -2.59. The third kappa shape index (κ3) is 5.67. The number of hydroxylamine groups is 1. The molecule has 3 aromatic rings. The summed E-state index contributed by atoms with van der Waals surface area (Å²) in [6.45, 7) is 6.57. The maximum atomic E-state index is 13.1. The Morgan fingerprint density at radius 1 is 0.970 bits per heavy atom. The summed E-state index contributed by atoms with van der Waals surface area (Å²) in [7, 11) is 1.51. The number of nitrogens with one attached hydrogen (secondary N) is 1. The highest BCUT2D eigenvalue weighted by Crippen LogP contribution is 2.35. The van der Waals surface area contributed by atoms with E-state index in [1.165, 1.54) is 39.2 Å². The summed E-state index contributed by atoms with van der Waals surface area (Å²) in [5.41, 5.74) is 7.81. The van der Waals surface area contributed by atoms with Crippen LogP contribution in [-0.2, 0) is 11.4 Å². The number of quaternary nitrogens is 1. The van der Waals surface area contributed by atoms with Crippen molar-refractivity contribution in [3.05, 3.63) is 95.1 Å². The maximum absolute atomic E-state index is 13.1. The van der Waals surface area contributed by atoms with Crippen molar-refractivity contribution in [2.24, 2.45) is 0 Å². The maximum Gasteiger partial charge on any atom is 0.440 e. The van der Waals surface area contributed by atoms with Crippen molar-refractivity contribution in [3.63, 3.8) is 0 Å². The van der Waals surface area contributed by atoms with Crippen LogP contribution in [0.1, 0.15) is 41.0 Å². The van der Waals surface area contributed by atoms with E-state index in [1.54, 1.807) is 11.8 Å². The number of carbonyl (C=O) groups is 1. The molecule has 1 saturated heterocycles. The molecule has 0 unspecified atom stereocenters. The van der Waals surface area contributed by atoms with E-state index in [1.807, 2.05) is 0 Å². The van der Waals surface area contributed by atoms with Crippen LogP contribution in [0.3, 0.4) is 0 Å². The number of urea groups is 1. The highest BCUT2D eigenvalue weighted by molar-refractivity contribution is 7.99.